The van der Waals surface area contributed by atoms with Crippen LogP contribution in [-0.2, 0) is 12.5 Å². The van der Waals surface area contributed by atoms with Crippen molar-refractivity contribution in [2.45, 2.75) is 57.0 Å². The highest BCUT2D eigenvalue weighted by atomic mass is 15.3. The van der Waals surface area contributed by atoms with Gasteiger partial charge in [-0.2, -0.15) is 0 Å². The molecule has 0 radical (unpaired) electrons. The molecule has 4 aliphatic rings. The van der Waals surface area contributed by atoms with E-state index in [1.54, 1.807) is 5.69 Å². The molecule has 19 heavy (non-hydrogen) atoms. The second kappa shape index (κ2) is 3.46. The van der Waals surface area contributed by atoms with Gasteiger partial charge in [-0.25, -0.2) is 0 Å². The number of hydrogen-bond donors (Lipinski definition) is 0. The number of rotatable bonds is 1. The van der Waals surface area contributed by atoms with E-state index in [-0.39, 0.29) is 0 Å². The number of piperidine rings is 3. The normalized spacial score (nSPS) is 46.7. The van der Waals surface area contributed by atoms with Gasteiger partial charge >= 0.3 is 0 Å². The molecule has 0 amide bonds. The first-order valence-corrected chi connectivity index (χ1v) is 7.84. The SMILES string of the molecule is CC1N2CC3CC(CC1(c1cccn1C)C3)C2(C)C. The zero-order chi connectivity index (χ0) is 13.4. The number of aryl methyl sites for hydroxylation is 1. The fourth-order valence-corrected chi connectivity index (χ4v) is 5.73. The molecule has 4 bridgehead atoms. The van der Waals surface area contributed by atoms with Crippen LogP contribution in [0.1, 0.15) is 45.7 Å². The Morgan fingerprint density at radius 2 is 2.05 bits per heavy atom. The molecule has 4 fully saturated rings. The van der Waals surface area contributed by atoms with Gasteiger partial charge in [0.05, 0.1) is 0 Å². The highest BCUT2D eigenvalue weighted by Gasteiger charge is 2.62. The van der Waals surface area contributed by atoms with Gasteiger partial charge in [0.15, 0.2) is 0 Å². The fourth-order valence-electron chi connectivity index (χ4n) is 5.73. The summed E-state index contributed by atoms with van der Waals surface area (Å²) < 4.78 is 2.37. The molecule has 1 aliphatic carbocycles. The quantitative estimate of drug-likeness (QED) is 0.751. The minimum atomic E-state index is 0.408. The molecule has 3 saturated heterocycles. The Labute approximate surface area is 116 Å². The average Bonchev–Trinajstić information content (AvgIpc) is 2.78. The smallest absolute Gasteiger partial charge is 0.0265 e. The zero-order valence-electron chi connectivity index (χ0n) is 12.7. The molecule has 0 aromatic carbocycles. The largest absolute Gasteiger partial charge is 0.354 e. The Kier molecular flexibility index (Phi) is 2.19. The molecule has 2 nitrogen and oxygen atoms in total. The first-order chi connectivity index (χ1) is 8.95. The van der Waals surface area contributed by atoms with E-state index in [1.807, 2.05) is 0 Å². The van der Waals surface area contributed by atoms with Crippen LogP contribution >= 0.6 is 0 Å². The molecule has 0 N–H and O–H groups in total. The molecular weight excluding hydrogens is 232 g/mol. The maximum Gasteiger partial charge on any atom is 0.0265 e. The second-order valence-corrected chi connectivity index (χ2v) is 7.85. The standard InChI is InChI=1S/C17H26N2/c1-12-17(15-6-5-7-18(15)4)9-13-8-14(10-17)16(2,3)19(12)11-13/h5-7,12-14H,8-11H2,1-4H3. The summed E-state index contributed by atoms with van der Waals surface area (Å²) in [7, 11) is 2.22. The monoisotopic (exact) mass is 258 g/mol. The highest BCUT2D eigenvalue weighted by Crippen LogP contribution is 2.60. The maximum absolute atomic E-state index is 2.83. The van der Waals surface area contributed by atoms with E-state index in [9.17, 15) is 0 Å². The summed E-state index contributed by atoms with van der Waals surface area (Å²) in [6, 6.07) is 5.28. The zero-order valence-corrected chi connectivity index (χ0v) is 12.7. The van der Waals surface area contributed by atoms with Crippen molar-refractivity contribution in [1.29, 1.82) is 0 Å². The van der Waals surface area contributed by atoms with Gasteiger partial charge in [-0.1, -0.05) is 0 Å². The van der Waals surface area contributed by atoms with Crippen molar-refractivity contribution in [2.75, 3.05) is 6.54 Å². The summed E-state index contributed by atoms with van der Waals surface area (Å²) in [6.07, 6.45) is 6.49. The number of hydrogen-bond acceptors (Lipinski definition) is 1. The minimum absolute atomic E-state index is 0.408. The van der Waals surface area contributed by atoms with Crippen molar-refractivity contribution < 1.29 is 0 Å². The predicted molar refractivity (Wildman–Crippen MR) is 78.2 cm³/mol. The van der Waals surface area contributed by atoms with Crippen molar-refractivity contribution in [3.8, 4) is 0 Å². The first kappa shape index (κ1) is 12.0. The van der Waals surface area contributed by atoms with Gasteiger partial charge in [-0.3, -0.25) is 4.90 Å². The fraction of sp³-hybridized carbons (Fsp3) is 0.765. The summed E-state index contributed by atoms with van der Waals surface area (Å²) in [5, 5.41) is 0. The number of nitrogens with zero attached hydrogens (tertiary/aromatic N) is 2. The van der Waals surface area contributed by atoms with E-state index >= 15 is 0 Å². The highest BCUT2D eigenvalue weighted by molar-refractivity contribution is 5.29. The van der Waals surface area contributed by atoms with Gasteiger partial charge in [0, 0.05) is 42.5 Å². The van der Waals surface area contributed by atoms with E-state index < -0.39 is 0 Å². The van der Waals surface area contributed by atoms with Gasteiger partial charge < -0.3 is 4.57 Å². The molecule has 0 spiro atoms. The molecule has 3 aliphatic heterocycles. The van der Waals surface area contributed by atoms with Crippen LogP contribution in [0, 0.1) is 11.8 Å². The maximum atomic E-state index is 2.83. The number of aromatic nitrogens is 1. The van der Waals surface area contributed by atoms with Crippen LogP contribution in [0.4, 0.5) is 0 Å². The molecular formula is C17H26N2. The molecule has 4 heterocycles. The van der Waals surface area contributed by atoms with Gasteiger partial charge in [0.2, 0.25) is 0 Å². The van der Waals surface area contributed by atoms with Gasteiger partial charge in [0.1, 0.15) is 0 Å². The van der Waals surface area contributed by atoms with E-state index in [1.165, 1.54) is 25.8 Å². The lowest BCUT2D eigenvalue weighted by atomic mass is 9.50. The van der Waals surface area contributed by atoms with E-state index in [2.05, 4.69) is 55.6 Å². The average molecular weight is 258 g/mol. The molecule has 104 valence electrons. The van der Waals surface area contributed by atoms with E-state index in [4.69, 9.17) is 0 Å². The van der Waals surface area contributed by atoms with Crippen LogP contribution < -0.4 is 0 Å². The van der Waals surface area contributed by atoms with E-state index in [0.29, 0.717) is 17.0 Å². The van der Waals surface area contributed by atoms with Crippen molar-refractivity contribution >= 4 is 0 Å². The van der Waals surface area contributed by atoms with Crippen molar-refractivity contribution in [3.63, 3.8) is 0 Å². The van der Waals surface area contributed by atoms with Crippen molar-refractivity contribution in [1.82, 2.24) is 9.47 Å². The molecule has 5 unspecified atom stereocenters. The lowest BCUT2D eigenvalue weighted by Crippen LogP contribution is -2.73. The summed E-state index contributed by atoms with van der Waals surface area (Å²) in [5.41, 5.74) is 2.40. The van der Waals surface area contributed by atoms with Crippen LogP contribution in [-0.4, -0.2) is 27.6 Å². The molecule has 1 aromatic rings. The Morgan fingerprint density at radius 3 is 2.74 bits per heavy atom. The second-order valence-electron chi connectivity index (χ2n) is 7.85. The third-order valence-electron chi connectivity index (χ3n) is 6.80. The third-order valence-corrected chi connectivity index (χ3v) is 6.80. The van der Waals surface area contributed by atoms with Gasteiger partial charge in [-0.15, -0.1) is 0 Å². The molecule has 1 aromatic heterocycles. The lowest BCUT2D eigenvalue weighted by Gasteiger charge is -2.68. The third kappa shape index (κ3) is 1.31. The molecule has 1 saturated carbocycles. The predicted octanol–water partition coefficient (Wildman–Crippen LogP) is 3.18. The van der Waals surface area contributed by atoms with Crippen LogP contribution in [0.2, 0.25) is 0 Å². The van der Waals surface area contributed by atoms with Crippen molar-refractivity contribution in [3.05, 3.63) is 24.0 Å². The lowest BCUT2D eigenvalue weighted by molar-refractivity contribution is -0.158. The Balaban J connectivity index is 1.85. The van der Waals surface area contributed by atoms with E-state index in [0.717, 1.165) is 11.8 Å². The van der Waals surface area contributed by atoms with Crippen molar-refractivity contribution in [2.24, 2.45) is 18.9 Å². The Morgan fingerprint density at radius 1 is 1.26 bits per heavy atom. The first-order valence-electron chi connectivity index (χ1n) is 7.84. The Bertz CT molecular complexity index is 515. The summed E-state index contributed by atoms with van der Waals surface area (Å²) in [5.74, 6) is 1.81. The summed E-state index contributed by atoms with van der Waals surface area (Å²) >= 11 is 0. The summed E-state index contributed by atoms with van der Waals surface area (Å²) in [4.78, 5) is 2.83. The van der Waals surface area contributed by atoms with Crippen LogP contribution in [0.3, 0.4) is 0 Å². The molecule has 2 heteroatoms. The minimum Gasteiger partial charge on any atom is -0.354 e. The van der Waals surface area contributed by atoms with Crippen LogP contribution in [0.25, 0.3) is 0 Å². The summed E-state index contributed by atoms with van der Waals surface area (Å²) in [6.45, 7) is 8.76. The topological polar surface area (TPSA) is 8.17 Å². The van der Waals surface area contributed by atoms with Crippen LogP contribution in [0.5, 0.6) is 0 Å². The Hall–Kier alpha value is -0.760. The van der Waals surface area contributed by atoms with Gasteiger partial charge in [-0.05, 0) is 64.0 Å². The van der Waals surface area contributed by atoms with Crippen LogP contribution in [0.15, 0.2) is 18.3 Å². The van der Waals surface area contributed by atoms with Gasteiger partial charge in [0.25, 0.3) is 0 Å². The molecule has 5 atom stereocenters. The molecule has 5 rings (SSSR count).